The normalized spacial score (nSPS) is 11.0. The molecule has 3 aromatic rings. The average molecular weight is 216 g/mol. The van der Waals surface area contributed by atoms with Crippen LogP contribution in [0.2, 0.25) is 0 Å². The molecular formula is C11H8N2OS. The van der Waals surface area contributed by atoms with Crippen LogP contribution < -0.4 is 0 Å². The van der Waals surface area contributed by atoms with E-state index in [-0.39, 0.29) is 0 Å². The van der Waals surface area contributed by atoms with E-state index in [1.54, 1.807) is 11.3 Å². The number of hydrogen-bond acceptors (Lipinski definition) is 4. The summed E-state index contributed by atoms with van der Waals surface area (Å²) in [6, 6.07) is 10.1. The smallest absolute Gasteiger partial charge is 0.143 e. The van der Waals surface area contributed by atoms with Gasteiger partial charge in [0.1, 0.15) is 11.0 Å². The van der Waals surface area contributed by atoms with Crippen molar-refractivity contribution in [2.24, 2.45) is 0 Å². The fraction of sp³-hybridized carbons (Fsp3) is 0.0909. The minimum atomic E-state index is 0.804. The largest absolute Gasteiger partial charge is 0.243 e. The van der Waals surface area contributed by atoms with Crippen molar-refractivity contribution in [2.75, 3.05) is 0 Å². The molecule has 0 saturated carbocycles. The standard InChI is InChI=1S/C11H8N2OS/c1-7-5-6-10(15-7)8-3-2-4-9-11(8)13-14-12-9/h2-6H,1H3. The number of thiophene rings is 1. The molecule has 0 aliphatic heterocycles. The van der Waals surface area contributed by atoms with Crippen molar-refractivity contribution in [2.45, 2.75) is 6.92 Å². The molecule has 2 heterocycles. The molecule has 0 spiro atoms. The van der Waals surface area contributed by atoms with E-state index in [1.165, 1.54) is 9.75 Å². The molecule has 4 heteroatoms. The lowest BCUT2D eigenvalue weighted by Gasteiger charge is -1.95. The van der Waals surface area contributed by atoms with Gasteiger partial charge in [0, 0.05) is 15.3 Å². The van der Waals surface area contributed by atoms with E-state index >= 15 is 0 Å². The average Bonchev–Trinajstić information content (AvgIpc) is 2.84. The highest BCUT2D eigenvalue weighted by Crippen LogP contribution is 2.31. The molecule has 0 fully saturated rings. The van der Waals surface area contributed by atoms with Gasteiger partial charge in [0.05, 0.1) is 0 Å². The lowest BCUT2D eigenvalue weighted by Crippen LogP contribution is -1.75. The van der Waals surface area contributed by atoms with Gasteiger partial charge < -0.3 is 0 Å². The fourth-order valence-electron chi connectivity index (χ4n) is 1.58. The molecule has 0 aliphatic carbocycles. The van der Waals surface area contributed by atoms with Crippen molar-refractivity contribution in [1.82, 2.24) is 10.3 Å². The summed E-state index contributed by atoms with van der Waals surface area (Å²) in [5.41, 5.74) is 2.73. The first-order valence-corrected chi connectivity index (χ1v) is 5.44. The van der Waals surface area contributed by atoms with Crippen LogP contribution in [0.4, 0.5) is 0 Å². The van der Waals surface area contributed by atoms with E-state index in [4.69, 9.17) is 4.63 Å². The van der Waals surface area contributed by atoms with Crippen molar-refractivity contribution in [1.29, 1.82) is 0 Å². The molecule has 0 radical (unpaired) electrons. The van der Waals surface area contributed by atoms with Crippen molar-refractivity contribution in [3.8, 4) is 10.4 Å². The maximum Gasteiger partial charge on any atom is 0.143 e. The number of nitrogens with zero attached hydrogens (tertiary/aromatic N) is 2. The third kappa shape index (κ3) is 1.34. The quantitative estimate of drug-likeness (QED) is 0.626. The monoisotopic (exact) mass is 216 g/mol. The van der Waals surface area contributed by atoms with Crippen LogP contribution in [0.15, 0.2) is 35.0 Å². The number of benzene rings is 1. The first-order chi connectivity index (χ1) is 7.34. The van der Waals surface area contributed by atoms with E-state index in [1.807, 2.05) is 18.2 Å². The van der Waals surface area contributed by atoms with Gasteiger partial charge in [0.2, 0.25) is 0 Å². The third-order valence-electron chi connectivity index (χ3n) is 2.29. The Morgan fingerprint density at radius 3 is 2.87 bits per heavy atom. The van der Waals surface area contributed by atoms with Gasteiger partial charge >= 0.3 is 0 Å². The maximum absolute atomic E-state index is 4.74. The van der Waals surface area contributed by atoms with Gasteiger partial charge in [-0.2, -0.15) is 0 Å². The fourth-order valence-corrected chi connectivity index (χ4v) is 2.48. The molecular weight excluding hydrogens is 208 g/mol. The van der Waals surface area contributed by atoms with Gasteiger partial charge in [-0.3, -0.25) is 0 Å². The molecule has 3 rings (SSSR count). The molecule has 15 heavy (non-hydrogen) atoms. The number of hydrogen-bond donors (Lipinski definition) is 0. The maximum atomic E-state index is 4.74. The molecule has 1 aromatic carbocycles. The SMILES string of the molecule is Cc1ccc(-c2cccc3nonc23)s1. The first-order valence-electron chi connectivity index (χ1n) is 4.63. The minimum absolute atomic E-state index is 0.804. The van der Waals surface area contributed by atoms with Crippen LogP contribution in [-0.4, -0.2) is 10.3 Å². The van der Waals surface area contributed by atoms with Crippen molar-refractivity contribution < 1.29 is 4.63 Å². The molecule has 0 unspecified atom stereocenters. The zero-order valence-corrected chi connectivity index (χ0v) is 8.91. The van der Waals surface area contributed by atoms with Crippen LogP contribution in [-0.2, 0) is 0 Å². The van der Waals surface area contributed by atoms with Crippen LogP contribution in [0.1, 0.15) is 4.88 Å². The van der Waals surface area contributed by atoms with E-state index in [0.717, 1.165) is 16.6 Å². The molecule has 2 aromatic heterocycles. The van der Waals surface area contributed by atoms with Gasteiger partial charge in [-0.25, -0.2) is 4.63 Å². The summed E-state index contributed by atoms with van der Waals surface area (Å²) in [6.07, 6.45) is 0. The highest BCUT2D eigenvalue weighted by molar-refractivity contribution is 7.15. The zero-order chi connectivity index (χ0) is 10.3. The van der Waals surface area contributed by atoms with Crippen molar-refractivity contribution >= 4 is 22.4 Å². The summed E-state index contributed by atoms with van der Waals surface area (Å²) in [4.78, 5) is 2.49. The third-order valence-corrected chi connectivity index (χ3v) is 3.33. The predicted molar refractivity (Wildman–Crippen MR) is 59.9 cm³/mol. The number of rotatable bonds is 1. The van der Waals surface area contributed by atoms with Crippen LogP contribution in [0.3, 0.4) is 0 Å². The topological polar surface area (TPSA) is 38.9 Å². The number of aryl methyl sites for hydroxylation is 1. The number of aromatic nitrogens is 2. The van der Waals surface area contributed by atoms with Gasteiger partial charge in [0.25, 0.3) is 0 Å². The van der Waals surface area contributed by atoms with Gasteiger partial charge in [0.15, 0.2) is 0 Å². The van der Waals surface area contributed by atoms with Crippen LogP contribution in [0.25, 0.3) is 21.5 Å². The Bertz CT molecular complexity index is 612. The Morgan fingerprint density at radius 2 is 2.07 bits per heavy atom. The minimum Gasteiger partial charge on any atom is -0.243 e. The van der Waals surface area contributed by atoms with Crippen molar-refractivity contribution in [3.63, 3.8) is 0 Å². The molecule has 0 aliphatic rings. The summed E-state index contributed by atoms with van der Waals surface area (Å²) >= 11 is 1.75. The van der Waals surface area contributed by atoms with Crippen LogP contribution >= 0.6 is 11.3 Å². The Balaban J connectivity index is 2.30. The van der Waals surface area contributed by atoms with Gasteiger partial charge in [-0.15, -0.1) is 11.3 Å². The Kier molecular flexibility index (Phi) is 1.82. The Hall–Kier alpha value is -1.68. The van der Waals surface area contributed by atoms with Gasteiger partial charge in [-0.1, -0.05) is 12.1 Å². The summed E-state index contributed by atoms with van der Waals surface area (Å²) in [5, 5.41) is 7.76. The predicted octanol–water partition coefficient (Wildman–Crippen LogP) is 3.26. The Morgan fingerprint density at radius 1 is 1.13 bits per heavy atom. The lowest BCUT2D eigenvalue weighted by atomic mass is 10.1. The second-order valence-electron chi connectivity index (χ2n) is 3.35. The lowest BCUT2D eigenvalue weighted by molar-refractivity contribution is 0.315. The number of fused-ring (bicyclic) bond motifs is 1. The molecule has 0 N–H and O–H groups in total. The van der Waals surface area contributed by atoms with Crippen LogP contribution in [0, 0.1) is 6.92 Å². The summed E-state index contributed by atoms with van der Waals surface area (Å²) in [5.74, 6) is 0. The van der Waals surface area contributed by atoms with E-state index in [0.29, 0.717) is 0 Å². The highest BCUT2D eigenvalue weighted by Gasteiger charge is 2.09. The summed E-state index contributed by atoms with van der Waals surface area (Å²) in [6.45, 7) is 2.09. The molecule has 3 nitrogen and oxygen atoms in total. The van der Waals surface area contributed by atoms with Crippen LogP contribution in [0.5, 0.6) is 0 Å². The highest BCUT2D eigenvalue weighted by atomic mass is 32.1. The molecule has 0 bridgehead atoms. The molecule has 74 valence electrons. The zero-order valence-electron chi connectivity index (χ0n) is 8.10. The van der Waals surface area contributed by atoms with E-state index < -0.39 is 0 Å². The Labute approximate surface area is 90.3 Å². The van der Waals surface area contributed by atoms with E-state index in [2.05, 4.69) is 29.4 Å². The molecule has 0 saturated heterocycles. The van der Waals surface area contributed by atoms with Gasteiger partial charge in [-0.05, 0) is 35.4 Å². The molecule has 0 atom stereocenters. The summed E-state index contributed by atoms with van der Waals surface area (Å²) < 4.78 is 4.74. The second-order valence-corrected chi connectivity index (χ2v) is 4.64. The first kappa shape index (κ1) is 8.61. The van der Waals surface area contributed by atoms with Crippen molar-refractivity contribution in [3.05, 3.63) is 35.2 Å². The van der Waals surface area contributed by atoms with E-state index in [9.17, 15) is 0 Å². The second kappa shape index (κ2) is 3.17. The molecule has 0 amide bonds. The summed E-state index contributed by atoms with van der Waals surface area (Å²) in [7, 11) is 0.